The molecule has 10 heteroatoms. The van der Waals surface area contributed by atoms with E-state index in [4.69, 9.17) is 0 Å². The first-order chi connectivity index (χ1) is 12.4. The van der Waals surface area contributed by atoms with Gasteiger partial charge in [0.15, 0.2) is 5.37 Å². The molecule has 2 atom stereocenters. The maximum absolute atomic E-state index is 13.1. The van der Waals surface area contributed by atoms with Crippen LogP contribution in [0.4, 0.5) is 18.0 Å². The molecule has 0 radical (unpaired) electrons. The highest BCUT2D eigenvalue weighted by molar-refractivity contribution is 8.01. The first kappa shape index (κ1) is 19.5. The molecule has 2 saturated heterocycles. The first-order valence-electron chi connectivity index (χ1n) is 8.16. The number of nitrogens with zero attached hydrogens (tertiary/aromatic N) is 2. The van der Waals surface area contributed by atoms with Crippen LogP contribution in [-0.2, 0) is 15.8 Å². The van der Waals surface area contributed by atoms with Crippen molar-refractivity contribution in [1.82, 2.24) is 15.1 Å². The van der Waals surface area contributed by atoms with Gasteiger partial charge in [0, 0.05) is 5.54 Å². The smallest absolute Gasteiger partial charge is 0.319 e. The lowest BCUT2D eigenvalue weighted by atomic mass is 10.0. The van der Waals surface area contributed by atoms with Crippen LogP contribution in [0.1, 0.15) is 37.3 Å². The number of hydrogen-bond donors (Lipinski definition) is 1. The summed E-state index contributed by atoms with van der Waals surface area (Å²) in [4.78, 5) is 39.0. The predicted molar refractivity (Wildman–Crippen MR) is 92.4 cm³/mol. The van der Waals surface area contributed by atoms with Gasteiger partial charge in [-0.3, -0.25) is 19.8 Å². The predicted octanol–water partition coefficient (Wildman–Crippen LogP) is 2.96. The number of amides is 4. The maximum atomic E-state index is 13.1. The van der Waals surface area contributed by atoms with Gasteiger partial charge >= 0.3 is 12.2 Å². The van der Waals surface area contributed by atoms with Crippen LogP contribution in [0.5, 0.6) is 0 Å². The molecule has 3 rings (SSSR count). The summed E-state index contributed by atoms with van der Waals surface area (Å²) in [6, 6.07) is 4.13. The van der Waals surface area contributed by atoms with Gasteiger partial charge in [-0.05, 0) is 38.5 Å². The molecule has 2 aliphatic rings. The molecule has 0 saturated carbocycles. The van der Waals surface area contributed by atoms with Crippen LogP contribution in [-0.4, -0.2) is 45.1 Å². The van der Waals surface area contributed by atoms with Crippen LogP contribution in [0.3, 0.4) is 0 Å². The molecule has 146 valence electrons. The average molecular weight is 401 g/mol. The Balaban J connectivity index is 2.00. The van der Waals surface area contributed by atoms with Crippen molar-refractivity contribution in [2.75, 3.05) is 6.54 Å². The van der Waals surface area contributed by atoms with Crippen LogP contribution in [0.25, 0.3) is 0 Å². The quantitative estimate of drug-likeness (QED) is 0.774. The third-order valence-electron chi connectivity index (χ3n) is 4.27. The third kappa shape index (κ3) is 3.62. The summed E-state index contributed by atoms with van der Waals surface area (Å²) in [6.45, 7) is 5.05. The SMILES string of the molecule is CC(C)(C)N1C(=O)C(N2CC(=O)NC2=O)SC1c1cccc(C(F)(F)F)c1. The summed E-state index contributed by atoms with van der Waals surface area (Å²) in [7, 11) is 0. The van der Waals surface area contributed by atoms with Crippen LogP contribution in [0.2, 0.25) is 0 Å². The van der Waals surface area contributed by atoms with E-state index in [2.05, 4.69) is 5.32 Å². The third-order valence-corrected chi connectivity index (χ3v) is 5.72. The van der Waals surface area contributed by atoms with Crippen LogP contribution in [0, 0.1) is 0 Å². The Morgan fingerprint density at radius 3 is 2.30 bits per heavy atom. The topological polar surface area (TPSA) is 69.7 Å². The van der Waals surface area contributed by atoms with E-state index in [1.54, 1.807) is 20.8 Å². The Morgan fingerprint density at radius 1 is 1.11 bits per heavy atom. The Kier molecular flexibility index (Phi) is 4.65. The van der Waals surface area contributed by atoms with Crippen molar-refractivity contribution in [3.05, 3.63) is 35.4 Å². The minimum Gasteiger partial charge on any atom is -0.319 e. The van der Waals surface area contributed by atoms with Crippen molar-refractivity contribution >= 4 is 29.6 Å². The largest absolute Gasteiger partial charge is 0.416 e. The van der Waals surface area contributed by atoms with Gasteiger partial charge in [0.25, 0.3) is 5.91 Å². The fourth-order valence-electron chi connectivity index (χ4n) is 3.11. The summed E-state index contributed by atoms with van der Waals surface area (Å²) in [5.41, 5.74) is -1.19. The standard InChI is InChI=1S/C17H18F3N3O3S/c1-16(2,3)23-12(25)14(22-8-11(24)21-15(22)26)27-13(23)9-5-4-6-10(7-9)17(18,19)20/h4-7,13-14H,8H2,1-3H3,(H,21,24,26). The minimum absolute atomic E-state index is 0.254. The van der Waals surface area contributed by atoms with E-state index in [0.717, 1.165) is 28.8 Å². The van der Waals surface area contributed by atoms with E-state index in [0.29, 0.717) is 5.56 Å². The molecule has 0 spiro atoms. The van der Waals surface area contributed by atoms with E-state index >= 15 is 0 Å². The summed E-state index contributed by atoms with van der Waals surface area (Å²) >= 11 is 1.05. The molecule has 0 bridgehead atoms. The lowest BCUT2D eigenvalue weighted by molar-refractivity contribution is -0.137. The lowest BCUT2D eigenvalue weighted by Crippen LogP contribution is -2.49. The minimum atomic E-state index is -4.50. The second-order valence-corrected chi connectivity index (χ2v) is 8.49. The second kappa shape index (κ2) is 6.43. The van der Waals surface area contributed by atoms with E-state index in [1.807, 2.05) is 0 Å². The van der Waals surface area contributed by atoms with Gasteiger partial charge in [-0.2, -0.15) is 13.2 Å². The number of alkyl halides is 3. The lowest BCUT2D eigenvalue weighted by Gasteiger charge is -2.36. The van der Waals surface area contributed by atoms with E-state index in [9.17, 15) is 27.6 Å². The molecule has 2 fully saturated rings. The number of imide groups is 1. The van der Waals surface area contributed by atoms with Crippen LogP contribution < -0.4 is 5.32 Å². The molecular weight excluding hydrogens is 383 g/mol. The fourth-order valence-corrected chi connectivity index (χ4v) is 4.74. The van der Waals surface area contributed by atoms with Gasteiger partial charge < -0.3 is 4.90 Å². The zero-order valence-corrected chi connectivity index (χ0v) is 15.6. The number of thioether (sulfide) groups is 1. The van der Waals surface area contributed by atoms with E-state index < -0.39 is 45.9 Å². The van der Waals surface area contributed by atoms with Gasteiger partial charge in [-0.25, -0.2) is 4.79 Å². The molecule has 6 nitrogen and oxygen atoms in total. The van der Waals surface area contributed by atoms with Crippen LogP contribution in [0.15, 0.2) is 24.3 Å². The van der Waals surface area contributed by atoms with Crippen molar-refractivity contribution in [3.63, 3.8) is 0 Å². The molecule has 2 unspecified atom stereocenters. The summed E-state index contributed by atoms with van der Waals surface area (Å²) in [5, 5.41) is 0.426. The number of nitrogens with one attached hydrogen (secondary N) is 1. The molecule has 27 heavy (non-hydrogen) atoms. The molecule has 1 aromatic carbocycles. The van der Waals surface area contributed by atoms with Gasteiger partial charge in [0.1, 0.15) is 11.9 Å². The summed E-state index contributed by atoms with van der Waals surface area (Å²) < 4.78 is 39.3. The van der Waals surface area contributed by atoms with E-state index in [-0.39, 0.29) is 6.54 Å². The van der Waals surface area contributed by atoms with Crippen molar-refractivity contribution in [2.45, 2.75) is 43.2 Å². The molecule has 2 heterocycles. The number of hydrogen-bond acceptors (Lipinski definition) is 4. The Morgan fingerprint density at radius 2 is 1.78 bits per heavy atom. The van der Waals surface area contributed by atoms with Gasteiger partial charge in [0.2, 0.25) is 5.91 Å². The first-order valence-corrected chi connectivity index (χ1v) is 9.10. The Bertz CT molecular complexity index is 807. The van der Waals surface area contributed by atoms with Crippen molar-refractivity contribution in [3.8, 4) is 0 Å². The van der Waals surface area contributed by atoms with Crippen LogP contribution >= 0.6 is 11.8 Å². The number of halogens is 3. The van der Waals surface area contributed by atoms with Gasteiger partial charge in [0.05, 0.1) is 5.56 Å². The highest BCUT2D eigenvalue weighted by Gasteiger charge is 2.51. The number of carbonyl (C=O) groups excluding carboxylic acids is 3. The van der Waals surface area contributed by atoms with E-state index in [1.165, 1.54) is 17.0 Å². The fraction of sp³-hybridized carbons (Fsp3) is 0.471. The Hall–Kier alpha value is -2.23. The number of urea groups is 1. The molecular formula is C17H18F3N3O3S. The Labute approximate surface area is 158 Å². The zero-order valence-electron chi connectivity index (χ0n) is 14.8. The van der Waals surface area contributed by atoms with Gasteiger partial charge in [-0.15, -0.1) is 0 Å². The molecule has 1 N–H and O–H groups in total. The number of benzene rings is 1. The number of carbonyl (C=O) groups is 3. The molecule has 0 aliphatic carbocycles. The highest BCUT2D eigenvalue weighted by atomic mass is 32.2. The average Bonchev–Trinajstić information content (AvgIpc) is 3.05. The second-order valence-electron chi connectivity index (χ2n) is 7.32. The van der Waals surface area contributed by atoms with Crippen molar-refractivity contribution < 1.29 is 27.6 Å². The normalized spacial score (nSPS) is 24.0. The molecule has 2 aliphatic heterocycles. The molecule has 1 aromatic rings. The highest BCUT2D eigenvalue weighted by Crippen LogP contribution is 2.48. The van der Waals surface area contributed by atoms with Gasteiger partial charge in [-0.1, -0.05) is 23.9 Å². The maximum Gasteiger partial charge on any atom is 0.416 e. The summed E-state index contributed by atoms with van der Waals surface area (Å²) in [5.74, 6) is -0.932. The summed E-state index contributed by atoms with van der Waals surface area (Å²) in [6.07, 6.45) is -4.50. The monoisotopic (exact) mass is 401 g/mol. The molecule has 0 aromatic heterocycles. The molecule has 4 amide bonds. The van der Waals surface area contributed by atoms with Crippen molar-refractivity contribution in [2.24, 2.45) is 0 Å². The zero-order chi connectivity index (χ0) is 20.1. The number of rotatable bonds is 2. The van der Waals surface area contributed by atoms with Crippen molar-refractivity contribution in [1.29, 1.82) is 0 Å².